The largest absolute Gasteiger partial charge is 0.250 e. The maximum absolute atomic E-state index is 3.46. The first-order valence-corrected chi connectivity index (χ1v) is 5.08. The molecule has 0 aliphatic heterocycles. The number of nitrogens with zero attached hydrogens (tertiary/aromatic N) is 1. The van der Waals surface area contributed by atoms with Gasteiger partial charge in [-0.1, -0.05) is 28.1 Å². The predicted molar refractivity (Wildman–Crippen MR) is 59.4 cm³/mol. The molecule has 0 fully saturated rings. The predicted octanol–water partition coefficient (Wildman–Crippen LogP) is 2.58. The molecule has 2 nitrogen and oxygen atoms in total. The van der Waals surface area contributed by atoms with Crippen molar-refractivity contribution in [1.82, 2.24) is 10.4 Å². The van der Waals surface area contributed by atoms with Gasteiger partial charge in [-0.3, -0.25) is 5.01 Å². The Morgan fingerprint density at radius 2 is 2.08 bits per heavy atom. The topological polar surface area (TPSA) is 15.3 Å². The van der Waals surface area contributed by atoms with Crippen molar-refractivity contribution in [3.05, 3.63) is 34.3 Å². The molecule has 1 aromatic rings. The number of hydrogen-bond donors (Lipinski definition) is 1. The Kier molecular flexibility index (Phi) is 3.90. The van der Waals surface area contributed by atoms with Gasteiger partial charge in [-0.25, -0.2) is 5.43 Å². The summed E-state index contributed by atoms with van der Waals surface area (Å²) < 4.78 is 1.12. The highest BCUT2D eigenvalue weighted by Gasteiger charge is 2.04. The van der Waals surface area contributed by atoms with E-state index in [2.05, 4.69) is 40.4 Å². The summed E-state index contributed by atoms with van der Waals surface area (Å²) in [5.74, 6) is 0. The van der Waals surface area contributed by atoms with Gasteiger partial charge < -0.3 is 0 Å². The summed E-state index contributed by atoms with van der Waals surface area (Å²) in [5.41, 5.74) is 4.58. The lowest BCUT2D eigenvalue weighted by Gasteiger charge is -2.19. The average molecular weight is 243 g/mol. The zero-order chi connectivity index (χ0) is 9.84. The second-order valence-electron chi connectivity index (χ2n) is 3.30. The molecule has 0 heterocycles. The van der Waals surface area contributed by atoms with E-state index >= 15 is 0 Å². The van der Waals surface area contributed by atoms with Crippen LogP contribution in [-0.2, 0) is 0 Å². The molecule has 1 unspecified atom stereocenters. The minimum atomic E-state index is 0.340. The quantitative estimate of drug-likeness (QED) is 0.821. The van der Waals surface area contributed by atoms with Crippen molar-refractivity contribution in [3.8, 4) is 0 Å². The SMILES string of the molecule is CC(NN(C)C)c1cccc(Br)c1. The third kappa shape index (κ3) is 3.46. The lowest BCUT2D eigenvalue weighted by Crippen LogP contribution is -2.32. The Bertz CT molecular complexity index is 273. The third-order valence-electron chi connectivity index (χ3n) is 1.80. The highest BCUT2D eigenvalue weighted by atomic mass is 79.9. The van der Waals surface area contributed by atoms with E-state index in [-0.39, 0.29) is 0 Å². The third-order valence-corrected chi connectivity index (χ3v) is 2.29. The maximum Gasteiger partial charge on any atom is 0.0436 e. The zero-order valence-corrected chi connectivity index (χ0v) is 9.80. The monoisotopic (exact) mass is 242 g/mol. The minimum Gasteiger partial charge on any atom is -0.250 e. The summed E-state index contributed by atoms with van der Waals surface area (Å²) >= 11 is 3.46. The summed E-state index contributed by atoms with van der Waals surface area (Å²) in [6.07, 6.45) is 0. The first-order valence-electron chi connectivity index (χ1n) is 4.28. The lowest BCUT2D eigenvalue weighted by atomic mass is 10.1. The van der Waals surface area contributed by atoms with Crippen LogP contribution in [0.15, 0.2) is 28.7 Å². The molecule has 13 heavy (non-hydrogen) atoms. The fourth-order valence-electron chi connectivity index (χ4n) is 1.24. The van der Waals surface area contributed by atoms with Crippen LogP contribution in [-0.4, -0.2) is 19.1 Å². The molecule has 0 radical (unpaired) electrons. The van der Waals surface area contributed by atoms with Crippen molar-refractivity contribution in [2.24, 2.45) is 0 Å². The molecule has 1 rings (SSSR count). The van der Waals surface area contributed by atoms with Crippen LogP contribution in [0.3, 0.4) is 0 Å². The fourth-order valence-corrected chi connectivity index (χ4v) is 1.65. The van der Waals surface area contributed by atoms with Crippen LogP contribution in [0.25, 0.3) is 0 Å². The molecular formula is C10H15BrN2. The van der Waals surface area contributed by atoms with Crippen molar-refractivity contribution in [2.45, 2.75) is 13.0 Å². The molecule has 0 aromatic heterocycles. The molecule has 0 bridgehead atoms. The summed E-state index contributed by atoms with van der Waals surface area (Å²) in [6.45, 7) is 2.14. The van der Waals surface area contributed by atoms with Gasteiger partial charge in [0.05, 0.1) is 0 Å². The van der Waals surface area contributed by atoms with Crippen LogP contribution < -0.4 is 5.43 Å². The standard InChI is InChI=1S/C10H15BrN2/c1-8(12-13(2)3)9-5-4-6-10(11)7-9/h4-8,12H,1-3H3. The number of benzene rings is 1. The van der Waals surface area contributed by atoms with Crippen molar-refractivity contribution in [1.29, 1.82) is 0 Å². The van der Waals surface area contributed by atoms with Crippen LogP contribution in [0, 0.1) is 0 Å². The van der Waals surface area contributed by atoms with Crippen LogP contribution >= 0.6 is 15.9 Å². The summed E-state index contributed by atoms with van der Waals surface area (Å²) in [4.78, 5) is 0. The van der Waals surface area contributed by atoms with E-state index in [9.17, 15) is 0 Å². The number of halogens is 1. The summed E-state index contributed by atoms with van der Waals surface area (Å²) in [7, 11) is 3.99. The summed E-state index contributed by atoms with van der Waals surface area (Å²) in [5, 5.41) is 1.96. The van der Waals surface area contributed by atoms with Crippen LogP contribution in [0.2, 0.25) is 0 Å². The highest BCUT2D eigenvalue weighted by molar-refractivity contribution is 9.10. The molecule has 0 saturated heterocycles. The smallest absolute Gasteiger partial charge is 0.0436 e. The van der Waals surface area contributed by atoms with Gasteiger partial charge in [0.2, 0.25) is 0 Å². The van der Waals surface area contributed by atoms with Gasteiger partial charge in [-0.2, -0.15) is 0 Å². The Balaban J connectivity index is 2.71. The second-order valence-corrected chi connectivity index (χ2v) is 4.22. The zero-order valence-electron chi connectivity index (χ0n) is 8.21. The number of hydrazine groups is 1. The van der Waals surface area contributed by atoms with E-state index in [1.807, 2.05) is 31.2 Å². The summed E-state index contributed by atoms with van der Waals surface area (Å²) in [6, 6.07) is 8.67. The Morgan fingerprint density at radius 3 is 2.62 bits per heavy atom. The van der Waals surface area contributed by atoms with Crippen molar-refractivity contribution < 1.29 is 0 Å². The Hall–Kier alpha value is -0.380. The minimum absolute atomic E-state index is 0.340. The highest BCUT2D eigenvalue weighted by Crippen LogP contribution is 2.17. The molecule has 0 aliphatic rings. The molecule has 0 aliphatic carbocycles. The van der Waals surface area contributed by atoms with E-state index in [0.717, 1.165) is 4.47 Å². The van der Waals surface area contributed by atoms with E-state index in [1.165, 1.54) is 5.56 Å². The molecule has 72 valence electrons. The Labute approximate surface area is 88.0 Å². The maximum atomic E-state index is 3.46. The van der Waals surface area contributed by atoms with Crippen LogP contribution in [0.4, 0.5) is 0 Å². The number of hydrogen-bond acceptors (Lipinski definition) is 2. The molecule has 3 heteroatoms. The molecular weight excluding hydrogens is 228 g/mol. The normalized spacial score (nSPS) is 13.3. The molecule has 1 atom stereocenters. The van der Waals surface area contributed by atoms with Gasteiger partial charge in [0.15, 0.2) is 0 Å². The van der Waals surface area contributed by atoms with Gasteiger partial charge >= 0.3 is 0 Å². The van der Waals surface area contributed by atoms with Crippen molar-refractivity contribution >= 4 is 15.9 Å². The average Bonchev–Trinajstić information content (AvgIpc) is 2.03. The second kappa shape index (κ2) is 4.74. The molecule has 1 aromatic carbocycles. The fraction of sp³-hybridized carbons (Fsp3) is 0.400. The number of nitrogens with one attached hydrogen (secondary N) is 1. The van der Waals surface area contributed by atoms with Gasteiger partial charge in [-0.15, -0.1) is 0 Å². The molecule has 0 spiro atoms. The number of rotatable bonds is 3. The molecule has 1 N–H and O–H groups in total. The molecule has 0 saturated carbocycles. The van der Waals surface area contributed by atoms with Crippen molar-refractivity contribution in [3.63, 3.8) is 0 Å². The van der Waals surface area contributed by atoms with E-state index in [1.54, 1.807) is 0 Å². The van der Waals surface area contributed by atoms with Gasteiger partial charge in [-0.05, 0) is 24.6 Å². The first kappa shape index (κ1) is 10.7. The van der Waals surface area contributed by atoms with Gasteiger partial charge in [0.25, 0.3) is 0 Å². The van der Waals surface area contributed by atoms with E-state index < -0.39 is 0 Å². The first-order chi connectivity index (χ1) is 6.09. The van der Waals surface area contributed by atoms with Gasteiger partial charge in [0.1, 0.15) is 0 Å². The van der Waals surface area contributed by atoms with Crippen LogP contribution in [0.5, 0.6) is 0 Å². The van der Waals surface area contributed by atoms with E-state index in [4.69, 9.17) is 0 Å². The van der Waals surface area contributed by atoms with E-state index in [0.29, 0.717) is 6.04 Å². The Morgan fingerprint density at radius 1 is 1.38 bits per heavy atom. The molecule has 0 amide bonds. The van der Waals surface area contributed by atoms with Crippen LogP contribution in [0.1, 0.15) is 18.5 Å². The lowest BCUT2D eigenvalue weighted by molar-refractivity contribution is 0.252. The van der Waals surface area contributed by atoms with Gasteiger partial charge in [0, 0.05) is 24.6 Å². The van der Waals surface area contributed by atoms with Crippen molar-refractivity contribution in [2.75, 3.05) is 14.1 Å².